The maximum Gasteiger partial charge on any atom is 0.310 e. The first kappa shape index (κ1) is 18.2. The van der Waals surface area contributed by atoms with Crippen LogP contribution in [0.3, 0.4) is 0 Å². The van der Waals surface area contributed by atoms with E-state index in [-0.39, 0.29) is 23.5 Å². The lowest BCUT2D eigenvalue weighted by atomic mass is 9.97. The molecule has 0 spiro atoms. The second-order valence-corrected chi connectivity index (χ2v) is 5.90. The summed E-state index contributed by atoms with van der Waals surface area (Å²) in [5.41, 5.74) is 0.751. The van der Waals surface area contributed by atoms with Crippen LogP contribution in [-0.2, 0) is 20.7 Å². The molecule has 0 saturated carbocycles. The van der Waals surface area contributed by atoms with Gasteiger partial charge in [-0.05, 0) is 43.9 Å². The van der Waals surface area contributed by atoms with Gasteiger partial charge in [0, 0.05) is 19.5 Å². The van der Waals surface area contributed by atoms with E-state index in [2.05, 4.69) is 0 Å². The number of amides is 1. The number of hydrogen-bond acceptors (Lipinski definition) is 4. The van der Waals surface area contributed by atoms with Gasteiger partial charge in [0.05, 0.1) is 19.6 Å². The van der Waals surface area contributed by atoms with Crippen molar-refractivity contribution in [1.29, 1.82) is 0 Å². The van der Waals surface area contributed by atoms with Gasteiger partial charge in [-0.15, -0.1) is 0 Å². The monoisotopic (exact) mass is 337 g/mol. The standard InChI is InChI=1S/C18H24FNO4/c1-3-24-18(22)14-5-4-10-20(12-14)17(21)9-7-13-6-8-16(23-2)15(19)11-13/h6,8,11,14H,3-5,7,9-10,12H2,1-2H3. The molecule has 0 aliphatic carbocycles. The third-order valence-electron chi connectivity index (χ3n) is 4.24. The molecule has 0 radical (unpaired) electrons. The number of methoxy groups -OCH3 is 1. The van der Waals surface area contributed by atoms with Gasteiger partial charge in [-0.2, -0.15) is 0 Å². The van der Waals surface area contributed by atoms with Crippen molar-refractivity contribution in [3.05, 3.63) is 29.6 Å². The molecule has 1 fully saturated rings. The Morgan fingerprint density at radius 2 is 2.17 bits per heavy atom. The van der Waals surface area contributed by atoms with Crippen molar-refractivity contribution in [3.63, 3.8) is 0 Å². The summed E-state index contributed by atoms with van der Waals surface area (Å²) in [6.45, 7) is 3.20. The van der Waals surface area contributed by atoms with E-state index >= 15 is 0 Å². The Hall–Kier alpha value is -2.11. The van der Waals surface area contributed by atoms with Crippen LogP contribution in [0, 0.1) is 11.7 Å². The minimum Gasteiger partial charge on any atom is -0.494 e. The molecule has 132 valence electrons. The highest BCUT2D eigenvalue weighted by Crippen LogP contribution is 2.21. The molecule has 1 aromatic carbocycles. The van der Waals surface area contributed by atoms with Gasteiger partial charge in [0.25, 0.3) is 0 Å². The maximum atomic E-state index is 13.7. The van der Waals surface area contributed by atoms with E-state index < -0.39 is 5.82 Å². The van der Waals surface area contributed by atoms with Crippen LogP contribution >= 0.6 is 0 Å². The van der Waals surface area contributed by atoms with Crippen molar-refractivity contribution >= 4 is 11.9 Å². The highest BCUT2D eigenvalue weighted by molar-refractivity contribution is 5.78. The second kappa shape index (κ2) is 8.66. The number of ether oxygens (including phenoxy) is 2. The number of benzene rings is 1. The Kier molecular flexibility index (Phi) is 6.58. The molecule has 1 aliphatic heterocycles. The molecular formula is C18H24FNO4. The van der Waals surface area contributed by atoms with Crippen LogP contribution in [0.5, 0.6) is 5.75 Å². The Balaban J connectivity index is 1.87. The van der Waals surface area contributed by atoms with Crippen LogP contribution < -0.4 is 4.74 Å². The largest absolute Gasteiger partial charge is 0.494 e. The number of aryl methyl sites for hydroxylation is 1. The van der Waals surface area contributed by atoms with Crippen LogP contribution in [0.4, 0.5) is 4.39 Å². The number of nitrogens with zero attached hydrogens (tertiary/aromatic N) is 1. The number of carbonyl (C=O) groups excluding carboxylic acids is 2. The predicted molar refractivity (Wildman–Crippen MR) is 87.2 cm³/mol. The van der Waals surface area contributed by atoms with E-state index in [1.165, 1.54) is 13.2 Å². The van der Waals surface area contributed by atoms with E-state index in [1.54, 1.807) is 24.0 Å². The average molecular weight is 337 g/mol. The van der Waals surface area contributed by atoms with Crippen LogP contribution in [-0.4, -0.2) is 43.6 Å². The maximum absolute atomic E-state index is 13.7. The number of halogens is 1. The fourth-order valence-electron chi connectivity index (χ4n) is 2.93. The number of carbonyl (C=O) groups is 2. The zero-order valence-electron chi connectivity index (χ0n) is 14.2. The Morgan fingerprint density at radius 3 is 2.83 bits per heavy atom. The normalized spacial score (nSPS) is 17.5. The van der Waals surface area contributed by atoms with E-state index in [4.69, 9.17) is 9.47 Å². The Labute approximate surface area is 141 Å². The molecule has 1 saturated heterocycles. The quantitative estimate of drug-likeness (QED) is 0.749. The lowest BCUT2D eigenvalue weighted by Gasteiger charge is -2.31. The second-order valence-electron chi connectivity index (χ2n) is 5.90. The topological polar surface area (TPSA) is 55.8 Å². The Morgan fingerprint density at radius 1 is 1.38 bits per heavy atom. The van der Waals surface area contributed by atoms with Gasteiger partial charge < -0.3 is 14.4 Å². The van der Waals surface area contributed by atoms with E-state index in [1.807, 2.05) is 0 Å². The molecule has 1 atom stereocenters. The molecule has 1 aliphatic rings. The van der Waals surface area contributed by atoms with Crippen molar-refractivity contribution in [3.8, 4) is 5.75 Å². The fourth-order valence-corrected chi connectivity index (χ4v) is 2.93. The van der Waals surface area contributed by atoms with Gasteiger partial charge in [0.1, 0.15) is 0 Å². The van der Waals surface area contributed by atoms with Gasteiger partial charge in [-0.1, -0.05) is 6.07 Å². The molecule has 1 amide bonds. The molecule has 2 rings (SSSR count). The summed E-state index contributed by atoms with van der Waals surface area (Å²) in [6.07, 6.45) is 2.31. The molecule has 5 nitrogen and oxygen atoms in total. The van der Waals surface area contributed by atoms with Crippen molar-refractivity contribution in [2.24, 2.45) is 5.92 Å². The summed E-state index contributed by atoms with van der Waals surface area (Å²) in [4.78, 5) is 25.9. The molecule has 0 bridgehead atoms. The number of piperidine rings is 1. The fraction of sp³-hybridized carbons (Fsp3) is 0.556. The van der Waals surface area contributed by atoms with Crippen molar-refractivity contribution < 1.29 is 23.5 Å². The molecule has 1 aromatic rings. The summed E-state index contributed by atoms with van der Waals surface area (Å²) in [5.74, 6) is -0.713. The van der Waals surface area contributed by atoms with Gasteiger partial charge in [0.15, 0.2) is 11.6 Å². The first-order valence-corrected chi connectivity index (χ1v) is 8.32. The zero-order chi connectivity index (χ0) is 17.5. The first-order chi connectivity index (χ1) is 11.5. The highest BCUT2D eigenvalue weighted by atomic mass is 19.1. The lowest BCUT2D eigenvalue weighted by Crippen LogP contribution is -2.42. The minimum atomic E-state index is -0.428. The van der Waals surface area contributed by atoms with Crippen molar-refractivity contribution in [2.45, 2.75) is 32.6 Å². The first-order valence-electron chi connectivity index (χ1n) is 8.32. The number of esters is 1. The molecule has 24 heavy (non-hydrogen) atoms. The number of hydrogen-bond donors (Lipinski definition) is 0. The number of rotatable bonds is 6. The van der Waals surface area contributed by atoms with Gasteiger partial charge in [-0.25, -0.2) is 4.39 Å². The molecule has 1 unspecified atom stereocenters. The zero-order valence-corrected chi connectivity index (χ0v) is 14.2. The van der Waals surface area contributed by atoms with E-state index in [9.17, 15) is 14.0 Å². The van der Waals surface area contributed by atoms with Crippen LogP contribution in [0.1, 0.15) is 31.7 Å². The molecular weight excluding hydrogens is 313 g/mol. The van der Waals surface area contributed by atoms with Crippen LogP contribution in [0.15, 0.2) is 18.2 Å². The summed E-state index contributed by atoms with van der Waals surface area (Å²) in [5, 5.41) is 0. The van der Waals surface area contributed by atoms with Gasteiger partial charge >= 0.3 is 5.97 Å². The van der Waals surface area contributed by atoms with E-state index in [0.29, 0.717) is 32.5 Å². The summed E-state index contributed by atoms with van der Waals surface area (Å²) >= 11 is 0. The highest BCUT2D eigenvalue weighted by Gasteiger charge is 2.29. The average Bonchev–Trinajstić information content (AvgIpc) is 2.60. The van der Waals surface area contributed by atoms with E-state index in [0.717, 1.165) is 18.4 Å². The predicted octanol–water partition coefficient (Wildman–Crippen LogP) is 2.57. The Bertz CT molecular complexity index is 590. The lowest BCUT2D eigenvalue weighted by molar-refractivity contribution is -0.151. The summed E-state index contributed by atoms with van der Waals surface area (Å²) < 4.78 is 23.6. The van der Waals surface area contributed by atoms with Crippen LogP contribution in [0.25, 0.3) is 0 Å². The number of likely N-dealkylation sites (tertiary alicyclic amines) is 1. The van der Waals surface area contributed by atoms with Gasteiger partial charge in [0.2, 0.25) is 5.91 Å². The smallest absolute Gasteiger partial charge is 0.310 e. The SMILES string of the molecule is CCOC(=O)C1CCCN(C(=O)CCc2ccc(OC)c(F)c2)C1. The van der Waals surface area contributed by atoms with Crippen molar-refractivity contribution in [1.82, 2.24) is 4.90 Å². The third kappa shape index (κ3) is 4.69. The van der Waals surface area contributed by atoms with Crippen LogP contribution in [0.2, 0.25) is 0 Å². The summed E-state index contributed by atoms with van der Waals surface area (Å²) in [7, 11) is 1.41. The summed E-state index contributed by atoms with van der Waals surface area (Å²) in [6, 6.07) is 4.71. The third-order valence-corrected chi connectivity index (χ3v) is 4.24. The molecule has 0 aromatic heterocycles. The minimum absolute atomic E-state index is 0.0137. The van der Waals surface area contributed by atoms with Crippen molar-refractivity contribution in [2.75, 3.05) is 26.8 Å². The molecule has 6 heteroatoms. The molecule has 0 N–H and O–H groups in total. The van der Waals surface area contributed by atoms with Gasteiger partial charge in [-0.3, -0.25) is 9.59 Å². The molecule has 1 heterocycles.